The molecule has 1 fully saturated rings. The van der Waals surface area contributed by atoms with Gasteiger partial charge < -0.3 is 20.1 Å². The Bertz CT molecular complexity index is 206. The number of likely N-dealkylation sites (N-methyl/N-ethyl adjacent to an activating group) is 1. The summed E-state index contributed by atoms with van der Waals surface area (Å²) < 4.78 is 5.69. The second-order valence-electron chi connectivity index (χ2n) is 5.24. The van der Waals surface area contributed by atoms with Gasteiger partial charge in [0.15, 0.2) is 0 Å². The second-order valence-corrected chi connectivity index (χ2v) is 5.24. The van der Waals surface area contributed by atoms with Crippen molar-refractivity contribution in [2.45, 2.75) is 44.8 Å². The van der Waals surface area contributed by atoms with E-state index in [9.17, 15) is 5.11 Å². The SMILES string of the molecule is CCOC1CCCN(CCC(C)(CO)NC)C1. The van der Waals surface area contributed by atoms with Gasteiger partial charge in [-0.2, -0.15) is 0 Å². The molecule has 2 unspecified atom stereocenters. The molecule has 4 heteroatoms. The Morgan fingerprint density at radius 3 is 2.88 bits per heavy atom. The average molecular weight is 244 g/mol. The molecular formula is C13H28N2O2. The Hall–Kier alpha value is -0.160. The summed E-state index contributed by atoms with van der Waals surface area (Å²) in [5.74, 6) is 0. The van der Waals surface area contributed by atoms with Crippen LogP contribution in [0.5, 0.6) is 0 Å². The molecule has 17 heavy (non-hydrogen) atoms. The maximum absolute atomic E-state index is 9.35. The number of rotatable bonds is 7. The fourth-order valence-electron chi connectivity index (χ4n) is 2.28. The molecule has 0 aromatic rings. The highest BCUT2D eigenvalue weighted by Gasteiger charge is 2.24. The van der Waals surface area contributed by atoms with Crippen LogP contribution < -0.4 is 5.32 Å². The van der Waals surface area contributed by atoms with Crippen molar-refractivity contribution in [3.63, 3.8) is 0 Å². The number of piperidine rings is 1. The van der Waals surface area contributed by atoms with E-state index in [4.69, 9.17) is 4.74 Å². The summed E-state index contributed by atoms with van der Waals surface area (Å²) in [5, 5.41) is 12.5. The van der Waals surface area contributed by atoms with Crippen molar-refractivity contribution in [2.24, 2.45) is 0 Å². The van der Waals surface area contributed by atoms with Crippen LogP contribution in [0.15, 0.2) is 0 Å². The van der Waals surface area contributed by atoms with Crippen molar-refractivity contribution in [3.05, 3.63) is 0 Å². The lowest BCUT2D eigenvalue weighted by Crippen LogP contribution is -2.48. The third-order valence-electron chi connectivity index (χ3n) is 3.80. The number of hydrogen-bond acceptors (Lipinski definition) is 4. The van der Waals surface area contributed by atoms with Gasteiger partial charge in [0.05, 0.1) is 12.7 Å². The number of likely N-dealkylation sites (tertiary alicyclic amines) is 1. The predicted molar refractivity (Wildman–Crippen MR) is 70.3 cm³/mol. The molecule has 2 atom stereocenters. The molecule has 1 aliphatic heterocycles. The monoisotopic (exact) mass is 244 g/mol. The summed E-state index contributed by atoms with van der Waals surface area (Å²) >= 11 is 0. The van der Waals surface area contributed by atoms with E-state index in [1.165, 1.54) is 12.8 Å². The van der Waals surface area contributed by atoms with E-state index in [2.05, 4.69) is 24.1 Å². The summed E-state index contributed by atoms with van der Waals surface area (Å²) in [6.45, 7) is 8.35. The first-order chi connectivity index (χ1) is 8.13. The number of nitrogens with one attached hydrogen (secondary N) is 1. The van der Waals surface area contributed by atoms with Crippen LogP contribution in [-0.4, -0.2) is 61.5 Å². The van der Waals surface area contributed by atoms with Gasteiger partial charge >= 0.3 is 0 Å². The van der Waals surface area contributed by atoms with Crippen LogP contribution in [0, 0.1) is 0 Å². The first-order valence-corrected chi connectivity index (χ1v) is 6.77. The smallest absolute Gasteiger partial charge is 0.0702 e. The summed E-state index contributed by atoms with van der Waals surface area (Å²) in [6, 6.07) is 0. The highest BCUT2D eigenvalue weighted by molar-refractivity contribution is 4.83. The first-order valence-electron chi connectivity index (χ1n) is 6.77. The lowest BCUT2D eigenvalue weighted by molar-refractivity contribution is 0.00289. The largest absolute Gasteiger partial charge is 0.394 e. The zero-order valence-electron chi connectivity index (χ0n) is 11.5. The number of ether oxygens (including phenoxy) is 1. The summed E-state index contributed by atoms with van der Waals surface area (Å²) in [4.78, 5) is 2.45. The highest BCUT2D eigenvalue weighted by atomic mass is 16.5. The number of aliphatic hydroxyl groups excluding tert-OH is 1. The summed E-state index contributed by atoms with van der Waals surface area (Å²) in [6.07, 6.45) is 3.79. The fourth-order valence-corrected chi connectivity index (χ4v) is 2.28. The van der Waals surface area contributed by atoms with Crippen molar-refractivity contribution in [3.8, 4) is 0 Å². The normalized spacial score (nSPS) is 25.8. The van der Waals surface area contributed by atoms with Gasteiger partial charge in [0.25, 0.3) is 0 Å². The Labute approximate surface area is 105 Å². The van der Waals surface area contributed by atoms with Gasteiger partial charge in [0, 0.05) is 25.2 Å². The van der Waals surface area contributed by atoms with Crippen molar-refractivity contribution in [2.75, 3.05) is 39.9 Å². The van der Waals surface area contributed by atoms with Crippen LogP contribution in [0.3, 0.4) is 0 Å². The molecule has 0 spiro atoms. The Kier molecular flexibility index (Phi) is 6.41. The van der Waals surface area contributed by atoms with E-state index in [0.717, 1.165) is 32.7 Å². The molecule has 0 saturated carbocycles. The molecule has 0 aromatic heterocycles. The van der Waals surface area contributed by atoms with Crippen molar-refractivity contribution in [1.29, 1.82) is 0 Å². The third-order valence-corrected chi connectivity index (χ3v) is 3.80. The summed E-state index contributed by atoms with van der Waals surface area (Å²) in [7, 11) is 1.91. The van der Waals surface area contributed by atoms with Gasteiger partial charge in [-0.25, -0.2) is 0 Å². The quantitative estimate of drug-likeness (QED) is 0.697. The highest BCUT2D eigenvalue weighted by Crippen LogP contribution is 2.16. The second kappa shape index (κ2) is 7.31. The Morgan fingerprint density at radius 2 is 2.29 bits per heavy atom. The van der Waals surface area contributed by atoms with Gasteiger partial charge in [0.2, 0.25) is 0 Å². The van der Waals surface area contributed by atoms with Gasteiger partial charge in [-0.3, -0.25) is 0 Å². The van der Waals surface area contributed by atoms with Crippen molar-refractivity contribution < 1.29 is 9.84 Å². The van der Waals surface area contributed by atoms with E-state index < -0.39 is 0 Å². The Balaban J connectivity index is 2.31. The van der Waals surface area contributed by atoms with Crippen LogP contribution in [0.1, 0.15) is 33.1 Å². The lowest BCUT2D eigenvalue weighted by Gasteiger charge is -2.35. The molecular weight excluding hydrogens is 216 g/mol. The molecule has 0 radical (unpaired) electrons. The average Bonchev–Trinajstić information content (AvgIpc) is 2.37. The van der Waals surface area contributed by atoms with Crippen LogP contribution in [0.2, 0.25) is 0 Å². The van der Waals surface area contributed by atoms with E-state index >= 15 is 0 Å². The molecule has 1 rings (SSSR count). The van der Waals surface area contributed by atoms with Crippen LogP contribution in [0.4, 0.5) is 0 Å². The molecule has 0 bridgehead atoms. The van der Waals surface area contributed by atoms with Crippen LogP contribution >= 0.6 is 0 Å². The molecule has 1 saturated heterocycles. The standard InChI is InChI=1S/C13H28N2O2/c1-4-17-12-6-5-8-15(10-12)9-7-13(2,11-16)14-3/h12,14,16H,4-11H2,1-3H3. The molecule has 102 valence electrons. The van der Waals surface area contributed by atoms with E-state index in [1.807, 2.05) is 7.05 Å². The van der Waals surface area contributed by atoms with Crippen LogP contribution in [-0.2, 0) is 4.74 Å². The Morgan fingerprint density at radius 1 is 1.53 bits per heavy atom. The number of hydrogen-bond donors (Lipinski definition) is 2. The zero-order valence-corrected chi connectivity index (χ0v) is 11.5. The molecule has 4 nitrogen and oxygen atoms in total. The van der Waals surface area contributed by atoms with Gasteiger partial charge in [-0.1, -0.05) is 0 Å². The molecule has 0 amide bonds. The van der Waals surface area contributed by atoms with Crippen LogP contribution in [0.25, 0.3) is 0 Å². The molecule has 1 aliphatic rings. The maximum Gasteiger partial charge on any atom is 0.0702 e. The maximum atomic E-state index is 9.35. The predicted octanol–water partition coefficient (Wildman–Crippen LogP) is 0.848. The third kappa shape index (κ3) is 4.92. The number of aliphatic hydroxyl groups is 1. The lowest BCUT2D eigenvalue weighted by atomic mass is 9.98. The van der Waals surface area contributed by atoms with Gasteiger partial charge in [-0.05, 0) is 46.7 Å². The molecule has 1 heterocycles. The number of nitrogens with zero attached hydrogens (tertiary/aromatic N) is 1. The van der Waals surface area contributed by atoms with E-state index in [-0.39, 0.29) is 12.1 Å². The minimum absolute atomic E-state index is 0.154. The fraction of sp³-hybridized carbons (Fsp3) is 1.00. The van der Waals surface area contributed by atoms with Crippen molar-refractivity contribution in [1.82, 2.24) is 10.2 Å². The van der Waals surface area contributed by atoms with Gasteiger partial charge in [0.1, 0.15) is 0 Å². The summed E-state index contributed by atoms with van der Waals surface area (Å²) in [5.41, 5.74) is -0.154. The van der Waals surface area contributed by atoms with E-state index in [1.54, 1.807) is 0 Å². The topological polar surface area (TPSA) is 44.7 Å². The molecule has 0 aromatic carbocycles. The van der Waals surface area contributed by atoms with Crippen molar-refractivity contribution >= 4 is 0 Å². The zero-order chi connectivity index (χ0) is 12.7. The first kappa shape index (κ1) is 14.9. The molecule has 2 N–H and O–H groups in total. The molecule has 0 aliphatic carbocycles. The van der Waals surface area contributed by atoms with E-state index in [0.29, 0.717) is 6.10 Å². The minimum atomic E-state index is -0.154. The minimum Gasteiger partial charge on any atom is -0.394 e. The van der Waals surface area contributed by atoms with Gasteiger partial charge in [-0.15, -0.1) is 0 Å².